The molecule has 0 unspecified atom stereocenters. The molecule has 3 atom stereocenters. The lowest BCUT2D eigenvalue weighted by molar-refractivity contribution is -0.147. The lowest BCUT2D eigenvalue weighted by Crippen LogP contribution is -2.49. The normalized spacial score (nSPS) is 14.0. The van der Waals surface area contributed by atoms with Gasteiger partial charge in [-0.1, -0.05) is 32.4 Å². The molecular formula is C17H22N2O4. The molecule has 1 aromatic rings. The van der Waals surface area contributed by atoms with Crippen LogP contribution >= 0.6 is 0 Å². The summed E-state index contributed by atoms with van der Waals surface area (Å²) < 4.78 is 10.3. The van der Waals surface area contributed by atoms with E-state index in [1.54, 1.807) is 31.2 Å². The van der Waals surface area contributed by atoms with Crippen molar-refractivity contribution >= 4 is 11.9 Å². The van der Waals surface area contributed by atoms with E-state index in [-0.39, 0.29) is 5.92 Å². The second-order valence-corrected chi connectivity index (χ2v) is 5.26. The largest absolute Gasteiger partial charge is 0.480 e. The summed E-state index contributed by atoms with van der Waals surface area (Å²) in [5, 5.41) is 11.7. The molecule has 1 N–H and O–H groups in total. The van der Waals surface area contributed by atoms with Gasteiger partial charge in [0.1, 0.15) is 17.9 Å². The first-order valence-electron chi connectivity index (χ1n) is 7.48. The van der Waals surface area contributed by atoms with Gasteiger partial charge >= 0.3 is 5.97 Å². The number of amides is 1. The number of benzene rings is 1. The van der Waals surface area contributed by atoms with Crippen LogP contribution in [0, 0.1) is 17.2 Å². The molecule has 1 aromatic carbocycles. The van der Waals surface area contributed by atoms with E-state index in [9.17, 15) is 9.59 Å². The molecule has 0 aliphatic rings. The summed E-state index contributed by atoms with van der Waals surface area (Å²) in [5.41, 5.74) is 0.346. The minimum absolute atomic E-state index is 0.0648. The summed E-state index contributed by atoms with van der Waals surface area (Å²) in [6.45, 7) is 5.35. The number of ether oxygens (including phenoxy) is 2. The van der Waals surface area contributed by atoms with Gasteiger partial charge in [0.05, 0.1) is 12.7 Å². The minimum Gasteiger partial charge on any atom is -0.480 e. The molecule has 0 saturated carbocycles. The van der Waals surface area contributed by atoms with E-state index in [0.717, 1.165) is 0 Å². The van der Waals surface area contributed by atoms with Crippen LogP contribution < -0.4 is 10.1 Å². The van der Waals surface area contributed by atoms with Crippen LogP contribution in [0.5, 0.6) is 5.75 Å². The Labute approximate surface area is 136 Å². The van der Waals surface area contributed by atoms with Crippen LogP contribution in [0.25, 0.3) is 0 Å². The number of nitrogens with one attached hydrogen (secondary N) is 1. The van der Waals surface area contributed by atoms with Gasteiger partial charge in [-0.15, -0.1) is 0 Å². The van der Waals surface area contributed by atoms with Gasteiger partial charge in [0.15, 0.2) is 6.10 Å². The van der Waals surface area contributed by atoms with E-state index in [4.69, 9.17) is 14.7 Å². The highest BCUT2D eigenvalue weighted by Crippen LogP contribution is 2.18. The number of carbonyl (C=O) groups is 2. The van der Waals surface area contributed by atoms with E-state index in [1.807, 2.05) is 19.9 Å². The zero-order valence-electron chi connectivity index (χ0n) is 13.8. The fraction of sp³-hybridized carbons (Fsp3) is 0.471. The molecule has 0 bridgehead atoms. The second kappa shape index (κ2) is 8.79. The molecular weight excluding hydrogens is 296 g/mol. The van der Waals surface area contributed by atoms with Gasteiger partial charge < -0.3 is 14.8 Å². The van der Waals surface area contributed by atoms with Crippen LogP contribution in [0.4, 0.5) is 0 Å². The highest BCUT2D eigenvalue weighted by Gasteiger charge is 2.29. The maximum absolute atomic E-state index is 12.3. The first-order chi connectivity index (χ1) is 10.9. The maximum Gasteiger partial charge on any atom is 0.328 e. The highest BCUT2D eigenvalue weighted by molar-refractivity contribution is 5.87. The van der Waals surface area contributed by atoms with Crippen molar-refractivity contribution < 1.29 is 19.1 Å². The van der Waals surface area contributed by atoms with Crippen LogP contribution in [0.15, 0.2) is 24.3 Å². The van der Waals surface area contributed by atoms with Crippen molar-refractivity contribution in [1.82, 2.24) is 5.32 Å². The number of hydrogen-bond donors (Lipinski definition) is 1. The zero-order chi connectivity index (χ0) is 17.4. The molecule has 0 aliphatic carbocycles. The van der Waals surface area contributed by atoms with Crippen LogP contribution in [-0.4, -0.2) is 31.1 Å². The number of esters is 1. The molecule has 0 fully saturated rings. The van der Waals surface area contributed by atoms with Gasteiger partial charge in [-0.2, -0.15) is 5.26 Å². The molecule has 0 saturated heterocycles. The predicted molar refractivity (Wildman–Crippen MR) is 84.6 cm³/mol. The smallest absolute Gasteiger partial charge is 0.328 e. The fourth-order valence-corrected chi connectivity index (χ4v) is 1.97. The summed E-state index contributed by atoms with van der Waals surface area (Å²) in [6.07, 6.45) is -0.132. The molecule has 6 nitrogen and oxygen atoms in total. The van der Waals surface area contributed by atoms with E-state index >= 15 is 0 Å². The van der Waals surface area contributed by atoms with Gasteiger partial charge in [-0.25, -0.2) is 4.79 Å². The average molecular weight is 318 g/mol. The third-order valence-electron chi connectivity index (χ3n) is 3.65. The molecule has 0 radical (unpaired) electrons. The number of para-hydroxylation sites is 1. The first kappa shape index (κ1) is 18.5. The van der Waals surface area contributed by atoms with Crippen molar-refractivity contribution in [3.05, 3.63) is 29.8 Å². The Morgan fingerprint density at radius 1 is 1.30 bits per heavy atom. The number of methoxy groups -OCH3 is 1. The van der Waals surface area contributed by atoms with Crippen molar-refractivity contribution in [3.63, 3.8) is 0 Å². The van der Waals surface area contributed by atoms with Crippen LogP contribution in [0.2, 0.25) is 0 Å². The fourth-order valence-electron chi connectivity index (χ4n) is 1.97. The van der Waals surface area contributed by atoms with Crippen molar-refractivity contribution in [2.45, 2.75) is 39.3 Å². The standard InChI is InChI=1S/C17H22N2O4/c1-5-11(2)15(17(21)22-4)19-16(20)12(3)23-14-9-7-6-8-13(14)10-18/h6-9,11-12,15H,5H2,1-4H3,(H,19,20)/t11-,12+,15+/m0/s1. The average Bonchev–Trinajstić information content (AvgIpc) is 2.58. The molecule has 124 valence electrons. The Balaban J connectivity index is 2.79. The van der Waals surface area contributed by atoms with Gasteiger partial charge in [-0.05, 0) is 25.0 Å². The van der Waals surface area contributed by atoms with E-state index < -0.39 is 24.0 Å². The van der Waals surface area contributed by atoms with E-state index in [1.165, 1.54) is 7.11 Å². The highest BCUT2D eigenvalue weighted by atomic mass is 16.5. The lowest BCUT2D eigenvalue weighted by atomic mass is 9.99. The van der Waals surface area contributed by atoms with Gasteiger partial charge in [0.25, 0.3) is 5.91 Å². The molecule has 0 aromatic heterocycles. The molecule has 0 aliphatic heterocycles. The number of hydrogen-bond acceptors (Lipinski definition) is 5. The Morgan fingerprint density at radius 2 is 1.96 bits per heavy atom. The SMILES string of the molecule is CC[C@H](C)[C@@H](NC(=O)[C@@H](C)Oc1ccccc1C#N)C(=O)OC. The van der Waals surface area contributed by atoms with Crippen LogP contribution in [0.1, 0.15) is 32.8 Å². The summed E-state index contributed by atoms with van der Waals surface area (Å²) >= 11 is 0. The third-order valence-corrected chi connectivity index (χ3v) is 3.65. The quantitative estimate of drug-likeness (QED) is 0.777. The number of rotatable bonds is 7. The summed E-state index contributed by atoms with van der Waals surface area (Å²) in [5.74, 6) is -0.661. The van der Waals surface area contributed by atoms with Crippen LogP contribution in [-0.2, 0) is 14.3 Å². The second-order valence-electron chi connectivity index (χ2n) is 5.26. The summed E-state index contributed by atoms with van der Waals surface area (Å²) in [6, 6.07) is 7.94. The number of nitrogens with zero attached hydrogens (tertiary/aromatic N) is 1. The predicted octanol–water partition coefficient (Wildman–Crippen LogP) is 2.03. The topological polar surface area (TPSA) is 88.4 Å². The van der Waals surface area contributed by atoms with Crippen molar-refractivity contribution in [2.75, 3.05) is 7.11 Å². The zero-order valence-corrected chi connectivity index (χ0v) is 13.8. The van der Waals surface area contributed by atoms with Crippen LogP contribution in [0.3, 0.4) is 0 Å². The Hall–Kier alpha value is -2.55. The van der Waals surface area contributed by atoms with Gasteiger partial charge in [0, 0.05) is 0 Å². The molecule has 0 heterocycles. The number of carbonyl (C=O) groups excluding carboxylic acids is 2. The Kier molecular flexibility index (Phi) is 7.07. The molecule has 6 heteroatoms. The molecule has 1 amide bonds. The monoisotopic (exact) mass is 318 g/mol. The molecule has 0 spiro atoms. The lowest BCUT2D eigenvalue weighted by Gasteiger charge is -2.24. The van der Waals surface area contributed by atoms with Gasteiger partial charge in [0.2, 0.25) is 0 Å². The van der Waals surface area contributed by atoms with E-state index in [2.05, 4.69) is 5.32 Å². The number of nitriles is 1. The Morgan fingerprint density at radius 3 is 2.52 bits per heavy atom. The third kappa shape index (κ3) is 4.99. The van der Waals surface area contributed by atoms with Crippen molar-refractivity contribution in [3.8, 4) is 11.8 Å². The van der Waals surface area contributed by atoms with Gasteiger partial charge in [-0.3, -0.25) is 4.79 Å². The minimum atomic E-state index is -0.847. The van der Waals surface area contributed by atoms with Crippen molar-refractivity contribution in [2.24, 2.45) is 5.92 Å². The molecule has 1 rings (SSSR count). The molecule has 23 heavy (non-hydrogen) atoms. The summed E-state index contributed by atoms with van der Waals surface area (Å²) in [7, 11) is 1.28. The summed E-state index contributed by atoms with van der Waals surface area (Å²) in [4.78, 5) is 24.1. The first-order valence-corrected chi connectivity index (χ1v) is 7.48. The van der Waals surface area contributed by atoms with Crippen molar-refractivity contribution in [1.29, 1.82) is 5.26 Å². The Bertz CT molecular complexity index is 595. The van der Waals surface area contributed by atoms with E-state index in [0.29, 0.717) is 17.7 Å². The maximum atomic E-state index is 12.3.